The van der Waals surface area contributed by atoms with Crippen molar-refractivity contribution in [3.63, 3.8) is 0 Å². The van der Waals surface area contributed by atoms with Gasteiger partial charge in [0, 0.05) is 41.6 Å². The molecule has 148 valence electrons. The van der Waals surface area contributed by atoms with Crippen LogP contribution in [0.4, 0.5) is 0 Å². The molecule has 0 radical (unpaired) electrons. The monoisotopic (exact) mass is 459 g/mol. The number of unbranched alkanes of at least 4 members (excludes halogenated alkanes) is 1. The zero-order valence-corrected chi connectivity index (χ0v) is 18.6. The van der Waals surface area contributed by atoms with Gasteiger partial charge in [-0.2, -0.15) is 4.37 Å². The van der Waals surface area contributed by atoms with E-state index in [-0.39, 0.29) is 0 Å². The molecule has 0 unspecified atom stereocenters. The summed E-state index contributed by atoms with van der Waals surface area (Å²) in [7, 11) is 2.20. The molecule has 2 aromatic carbocycles. The summed E-state index contributed by atoms with van der Waals surface area (Å²) in [6, 6.07) is 14.6. The van der Waals surface area contributed by atoms with Gasteiger partial charge < -0.3 is 14.5 Å². The topological polar surface area (TPSA) is 28.6 Å². The molecular weight excluding hydrogens is 434 g/mol. The minimum Gasteiger partial charge on any atom is -0.494 e. The van der Waals surface area contributed by atoms with Crippen molar-refractivity contribution in [3.05, 3.63) is 46.9 Å². The van der Waals surface area contributed by atoms with Crippen LogP contribution in [0.25, 0.3) is 21.3 Å². The van der Waals surface area contributed by atoms with E-state index in [0.29, 0.717) is 0 Å². The normalized spacial score (nSPS) is 15.9. The van der Waals surface area contributed by atoms with Crippen LogP contribution in [0.3, 0.4) is 0 Å². The van der Waals surface area contributed by atoms with Gasteiger partial charge in [-0.25, -0.2) is 0 Å². The summed E-state index contributed by atoms with van der Waals surface area (Å²) in [5, 5.41) is 1.19. The number of rotatable bonds is 7. The smallest absolute Gasteiger partial charge is 0.120 e. The van der Waals surface area contributed by atoms with Crippen molar-refractivity contribution in [1.29, 1.82) is 0 Å². The first kappa shape index (κ1) is 19.8. The Kier molecular flexibility index (Phi) is 6.62. The van der Waals surface area contributed by atoms with Crippen LogP contribution in [0.2, 0.25) is 0 Å². The molecule has 0 amide bonds. The Morgan fingerprint density at radius 1 is 1.04 bits per heavy atom. The molecule has 2 heterocycles. The van der Waals surface area contributed by atoms with Crippen LogP contribution in [0.15, 0.2) is 46.9 Å². The molecule has 0 N–H and O–H groups in total. The predicted octanol–water partition coefficient (Wildman–Crippen LogP) is 5.13. The standard InChI is InChI=1S/C22H26BrN3OS/c1-25-11-13-26(14-12-25)10-2-3-15-27-19-8-9-20-21(16-19)28-24-22(20)17-4-6-18(23)7-5-17/h4-9,16H,2-3,10-15H2,1H3. The van der Waals surface area contributed by atoms with E-state index >= 15 is 0 Å². The molecule has 1 aliphatic heterocycles. The minimum absolute atomic E-state index is 0.775. The SMILES string of the molecule is CN1CCN(CCCCOc2ccc3c(-c4ccc(Br)cc4)nsc3c2)CC1. The fourth-order valence-electron chi connectivity index (χ4n) is 3.52. The van der Waals surface area contributed by atoms with E-state index in [9.17, 15) is 0 Å². The molecule has 1 aliphatic rings. The molecule has 28 heavy (non-hydrogen) atoms. The zero-order chi connectivity index (χ0) is 19.3. The van der Waals surface area contributed by atoms with Gasteiger partial charge in [-0.1, -0.05) is 28.1 Å². The molecule has 1 aromatic heterocycles. The highest BCUT2D eigenvalue weighted by Gasteiger charge is 2.13. The van der Waals surface area contributed by atoms with Gasteiger partial charge in [-0.3, -0.25) is 0 Å². The third kappa shape index (κ3) is 4.92. The molecule has 3 aromatic rings. The summed E-state index contributed by atoms with van der Waals surface area (Å²) in [5.74, 6) is 0.943. The number of aromatic nitrogens is 1. The number of ether oxygens (including phenoxy) is 1. The van der Waals surface area contributed by atoms with Crippen molar-refractivity contribution in [2.45, 2.75) is 12.8 Å². The van der Waals surface area contributed by atoms with Gasteiger partial charge in [0.2, 0.25) is 0 Å². The minimum atomic E-state index is 0.775. The molecule has 4 rings (SSSR count). The van der Waals surface area contributed by atoms with Gasteiger partial charge in [0.15, 0.2) is 0 Å². The van der Waals surface area contributed by atoms with Crippen LogP contribution in [0.5, 0.6) is 5.75 Å². The van der Waals surface area contributed by atoms with Crippen LogP contribution in [-0.4, -0.2) is 60.6 Å². The third-order valence-corrected chi connectivity index (χ3v) is 6.63. The van der Waals surface area contributed by atoms with E-state index in [1.165, 1.54) is 60.8 Å². The second kappa shape index (κ2) is 9.35. The summed E-state index contributed by atoms with van der Waals surface area (Å²) in [4.78, 5) is 4.96. The van der Waals surface area contributed by atoms with Gasteiger partial charge >= 0.3 is 0 Å². The van der Waals surface area contributed by atoms with Gasteiger partial charge in [0.1, 0.15) is 5.75 Å². The molecule has 1 fully saturated rings. The first-order valence-electron chi connectivity index (χ1n) is 9.88. The van der Waals surface area contributed by atoms with E-state index in [4.69, 9.17) is 4.74 Å². The van der Waals surface area contributed by atoms with Crippen molar-refractivity contribution in [2.24, 2.45) is 0 Å². The van der Waals surface area contributed by atoms with Gasteiger partial charge in [-0.05, 0) is 68.3 Å². The summed E-state index contributed by atoms with van der Waals surface area (Å²) in [5.41, 5.74) is 2.19. The highest BCUT2D eigenvalue weighted by molar-refractivity contribution is 9.10. The van der Waals surface area contributed by atoms with Crippen LogP contribution in [0, 0.1) is 0 Å². The van der Waals surface area contributed by atoms with E-state index < -0.39 is 0 Å². The van der Waals surface area contributed by atoms with Crippen molar-refractivity contribution >= 4 is 37.5 Å². The number of piperazine rings is 1. The Balaban J connectivity index is 1.29. The van der Waals surface area contributed by atoms with Gasteiger partial charge in [0.25, 0.3) is 0 Å². The summed E-state index contributed by atoms with van der Waals surface area (Å²) in [6.45, 7) is 6.72. The average Bonchev–Trinajstić information content (AvgIpc) is 3.13. The molecule has 0 aliphatic carbocycles. The second-order valence-corrected chi connectivity index (χ2v) is 9.12. The average molecular weight is 460 g/mol. The van der Waals surface area contributed by atoms with E-state index in [1.54, 1.807) is 0 Å². The fraction of sp³-hybridized carbons (Fsp3) is 0.409. The molecule has 4 nitrogen and oxygen atoms in total. The highest BCUT2D eigenvalue weighted by Crippen LogP contribution is 2.33. The Hall–Kier alpha value is -1.47. The first-order chi connectivity index (χ1) is 13.7. The fourth-order valence-corrected chi connectivity index (χ4v) is 4.61. The van der Waals surface area contributed by atoms with Crippen LogP contribution < -0.4 is 4.74 Å². The maximum absolute atomic E-state index is 6.00. The Labute approximate surface area is 179 Å². The lowest BCUT2D eigenvalue weighted by Gasteiger charge is -2.32. The molecular formula is C22H26BrN3OS. The molecule has 0 saturated carbocycles. The number of hydrogen-bond donors (Lipinski definition) is 0. The number of fused-ring (bicyclic) bond motifs is 1. The van der Waals surface area contributed by atoms with Gasteiger partial charge in [0.05, 0.1) is 17.0 Å². The first-order valence-corrected chi connectivity index (χ1v) is 11.4. The summed E-state index contributed by atoms with van der Waals surface area (Å²) in [6.07, 6.45) is 2.29. The third-order valence-electron chi connectivity index (χ3n) is 5.29. The number of hydrogen-bond acceptors (Lipinski definition) is 5. The summed E-state index contributed by atoms with van der Waals surface area (Å²) < 4.78 is 12.9. The maximum Gasteiger partial charge on any atom is 0.120 e. The van der Waals surface area contributed by atoms with Crippen LogP contribution in [-0.2, 0) is 0 Å². The second-order valence-electron chi connectivity index (χ2n) is 7.40. The van der Waals surface area contributed by atoms with Crippen LogP contribution in [0.1, 0.15) is 12.8 Å². The zero-order valence-electron chi connectivity index (χ0n) is 16.2. The Bertz CT molecular complexity index is 904. The van der Waals surface area contributed by atoms with Crippen molar-refractivity contribution in [3.8, 4) is 17.0 Å². The highest BCUT2D eigenvalue weighted by atomic mass is 79.9. The van der Waals surface area contributed by atoms with E-state index in [0.717, 1.165) is 34.5 Å². The van der Waals surface area contributed by atoms with E-state index in [2.05, 4.69) is 79.6 Å². The lowest BCUT2D eigenvalue weighted by Crippen LogP contribution is -2.44. The predicted molar refractivity (Wildman–Crippen MR) is 121 cm³/mol. The number of benzene rings is 2. The lowest BCUT2D eigenvalue weighted by atomic mass is 10.1. The maximum atomic E-state index is 6.00. The van der Waals surface area contributed by atoms with Crippen molar-refractivity contribution in [2.75, 3.05) is 46.4 Å². The molecule has 0 spiro atoms. The summed E-state index contributed by atoms with van der Waals surface area (Å²) >= 11 is 5.03. The number of likely N-dealkylation sites (N-methyl/N-ethyl adjacent to an activating group) is 1. The quantitative estimate of drug-likeness (QED) is 0.457. The molecule has 0 bridgehead atoms. The number of nitrogens with zero attached hydrogens (tertiary/aromatic N) is 3. The molecule has 6 heteroatoms. The van der Waals surface area contributed by atoms with E-state index in [1.807, 2.05) is 0 Å². The lowest BCUT2D eigenvalue weighted by molar-refractivity contribution is 0.150. The van der Waals surface area contributed by atoms with Crippen molar-refractivity contribution < 1.29 is 4.74 Å². The molecule has 0 atom stereocenters. The Morgan fingerprint density at radius 3 is 2.61 bits per heavy atom. The largest absolute Gasteiger partial charge is 0.494 e. The Morgan fingerprint density at radius 2 is 1.82 bits per heavy atom. The van der Waals surface area contributed by atoms with Crippen LogP contribution >= 0.6 is 27.5 Å². The van der Waals surface area contributed by atoms with Gasteiger partial charge in [-0.15, -0.1) is 0 Å². The van der Waals surface area contributed by atoms with Crippen molar-refractivity contribution in [1.82, 2.24) is 14.2 Å². The molecule has 1 saturated heterocycles. The number of halogens is 1.